The van der Waals surface area contributed by atoms with Crippen molar-refractivity contribution >= 4 is 27.6 Å². The molecule has 0 amide bonds. The van der Waals surface area contributed by atoms with Crippen LogP contribution in [0.3, 0.4) is 0 Å². The van der Waals surface area contributed by atoms with Crippen molar-refractivity contribution in [3.8, 4) is 11.1 Å². The molecule has 0 aliphatic carbocycles. The van der Waals surface area contributed by atoms with Gasteiger partial charge in [-0.15, -0.1) is 5.23 Å². The summed E-state index contributed by atoms with van der Waals surface area (Å²) in [5, 5.41) is 20.4. The zero-order valence-corrected chi connectivity index (χ0v) is 11.6. The van der Waals surface area contributed by atoms with Gasteiger partial charge in [-0.3, -0.25) is 10.4 Å². The van der Waals surface area contributed by atoms with Crippen LogP contribution in [0.15, 0.2) is 71.1 Å². The molecule has 4 heteroatoms. The van der Waals surface area contributed by atoms with E-state index in [0.29, 0.717) is 22.2 Å². The minimum absolute atomic E-state index is 0.127. The molecule has 0 aliphatic rings. The molecule has 1 aromatic heterocycles. The van der Waals surface area contributed by atoms with Crippen LogP contribution in [0.25, 0.3) is 33.1 Å². The van der Waals surface area contributed by atoms with Crippen molar-refractivity contribution in [3.63, 3.8) is 0 Å². The number of hydrogen-bond acceptors (Lipinski definition) is 4. The Bertz CT molecular complexity index is 958. The van der Waals surface area contributed by atoms with E-state index in [1.54, 1.807) is 12.1 Å². The third-order valence-corrected chi connectivity index (χ3v) is 3.80. The fourth-order valence-electron chi connectivity index (χ4n) is 2.78. The lowest BCUT2D eigenvalue weighted by Gasteiger charge is -2.08. The number of nitrogens with zero attached hydrogens (tertiary/aromatic N) is 1. The molecule has 1 heterocycles. The van der Waals surface area contributed by atoms with Crippen LogP contribution in [-0.2, 0) is 0 Å². The average molecular weight is 291 g/mol. The van der Waals surface area contributed by atoms with E-state index in [4.69, 9.17) is 4.42 Å². The topological polar surface area (TPSA) is 56.8 Å². The summed E-state index contributed by atoms with van der Waals surface area (Å²) in [5.74, 6) is 0. The number of hydrogen-bond donors (Lipinski definition) is 2. The Hall–Kier alpha value is -2.82. The Balaban J connectivity index is 1.99. The van der Waals surface area contributed by atoms with E-state index in [1.807, 2.05) is 54.6 Å². The molecule has 0 aliphatic heterocycles. The van der Waals surface area contributed by atoms with Gasteiger partial charge in [0.25, 0.3) is 0 Å². The van der Waals surface area contributed by atoms with Gasteiger partial charge < -0.3 is 4.42 Å². The Morgan fingerprint density at radius 2 is 1.55 bits per heavy atom. The molecule has 0 fully saturated rings. The van der Waals surface area contributed by atoms with Crippen LogP contribution in [0.4, 0.5) is 5.69 Å². The number of benzene rings is 3. The van der Waals surface area contributed by atoms with Gasteiger partial charge in [-0.05, 0) is 35.4 Å². The fraction of sp³-hybridized carbons (Fsp3) is 0. The van der Waals surface area contributed by atoms with Gasteiger partial charge in [0, 0.05) is 5.39 Å². The largest absolute Gasteiger partial charge is 0.456 e. The molecule has 0 atom stereocenters. The number of anilines is 1. The molecule has 0 unspecified atom stereocenters. The zero-order valence-electron chi connectivity index (χ0n) is 11.6. The first kappa shape index (κ1) is 12.9. The normalized spacial score (nSPS) is 11.2. The SMILES string of the molecule is ON(O)c1cccc2oc3cc(-c4ccccc4)ccc3c12. The van der Waals surface area contributed by atoms with Crippen LogP contribution in [0, 0.1) is 0 Å². The summed E-state index contributed by atoms with van der Waals surface area (Å²) in [6.07, 6.45) is 0. The first-order chi connectivity index (χ1) is 10.7. The molecule has 0 bridgehead atoms. The molecule has 2 N–H and O–H groups in total. The summed E-state index contributed by atoms with van der Waals surface area (Å²) < 4.78 is 5.86. The van der Waals surface area contributed by atoms with Crippen LogP contribution >= 0.6 is 0 Å². The first-order valence-corrected chi connectivity index (χ1v) is 6.92. The van der Waals surface area contributed by atoms with Crippen molar-refractivity contribution in [1.29, 1.82) is 0 Å². The van der Waals surface area contributed by atoms with Gasteiger partial charge >= 0.3 is 0 Å². The highest BCUT2D eigenvalue weighted by atomic mass is 16.8. The van der Waals surface area contributed by atoms with E-state index in [0.717, 1.165) is 16.5 Å². The fourth-order valence-corrected chi connectivity index (χ4v) is 2.78. The standard InChI is InChI=1S/C18H13NO3/c20-19(21)15-7-4-8-16-18(15)14-10-9-13(11-17(14)22-16)12-5-2-1-3-6-12/h1-11,20-21H. The van der Waals surface area contributed by atoms with Crippen molar-refractivity contribution in [2.75, 3.05) is 5.23 Å². The molecule has 0 saturated carbocycles. The second-order valence-electron chi connectivity index (χ2n) is 5.12. The van der Waals surface area contributed by atoms with Crippen molar-refractivity contribution < 1.29 is 14.8 Å². The molecule has 4 aromatic rings. The van der Waals surface area contributed by atoms with Gasteiger partial charge in [-0.25, -0.2) is 0 Å². The summed E-state index contributed by atoms with van der Waals surface area (Å²) in [6, 6.07) is 21.1. The lowest BCUT2D eigenvalue weighted by molar-refractivity contribution is 0.0300. The predicted octanol–water partition coefficient (Wildman–Crippen LogP) is 4.84. The quantitative estimate of drug-likeness (QED) is 0.519. The summed E-state index contributed by atoms with van der Waals surface area (Å²) in [5.41, 5.74) is 3.79. The summed E-state index contributed by atoms with van der Waals surface area (Å²) in [7, 11) is 0. The molecule has 0 spiro atoms. The van der Waals surface area contributed by atoms with Crippen LogP contribution in [-0.4, -0.2) is 10.4 Å². The summed E-state index contributed by atoms with van der Waals surface area (Å²) >= 11 is 0. The molecule has 22 heavy (non-hydrogen) atoms. The second-order valence-corrected chi connectivity index (χ2v) is 5.12. The van der Waals surface area contributed by atoms with Gasteiger partial charge in [0.2, 0.25) is 0 Å². The minimum Gasteiger partial charge on any atom is -0.456 e. The zero-order chi connectivity index (χ0) is 15.1. The van der Waals surface area contributed by atoms with Gasteiger partial charge in [0.05, 0.1) is 5.39 Å². The molecule has 4 nitrogen and oxygen atoms in total. The van der Waals surface area contributed by atoms with E-state index < -0.39 is 0 Å². The summed E-state index contributed by atoms with van der Waals surface area (Å²) in [6.45, 7) is 0. The molecule has 108 valence electrons. The van der Waals surface area contributed by atoms with Crippen LogP contribution < -0.4 is 5.23 Å². The maximum absolute atomic E-state index is 9.38. The van der Waals surface area contributed by atoms with E-state index in [9.17, 15) is 10.4 Å². The van der Waals surface area contributed by atoms with Gasteiger partial charge in [0.1, 0.15) is 16.9 Å². The Labute approximate surface area is 126 Å². The Kier molecular flexibility index (Phi) is 2.85. The lowest BCUT2D eigenvalue weighted by Crippen LogP contribution is -2.10. The Morgan fingerprint density at radius 3 is 2.32 bits per heavy atom. The molecular formula is C18H13NO3. The third-order valence-electron chi connectivity index (χ3n) is 3.80. The van der Waals surface area contributed by atoms with E-state index in [1.165, 1.54) is 0 Å². The third kappa shape index (κ3) is 1.94. The highest BCUT2D eigenvalue weighted by Crippen LogP contribution is 2.36. The average Bonchev–Trinajstić information content (AvgIpc) is 2.93. The molecule has 0 radical (unpaired) electrons. The van der Waals surface area contributed by atoms with E-state index in [-0.39, 0.29) is 5.23 Å². The second kappa shape index (κ2) is 4.87. The Morgan fingerprint density at radius 1 is 0.727 bits per heavy atom. The van der Waals surface area contributed by atoms with Crippen molar-refractivity contribution in [2.24, 2.45) is 0 Å². The van der Waals surface area contributed by atoms with E-state index in [2.05, 4.69) is 0 Å². The van der Waals surface area contributed by atoms with Crippen LogP contribution in [0.5, 0.6) is 0 Å². The van der Waals surface area contributed by atoms with Crippen molar-refractivity contribution in [3.05, 3.63) is 66.7 Å². The van der Waals surface area contributed by atoms with Crippen LogP contribution in [0.2, 0.25) is 0 Å². The smallest absolute Gasteiger partial charge is 0.137 e. The number of rotatable bonds is 2. The van der Waals surface area contributed by atoms with Crippen LogP contribution in [0.1, 0.15) is 0 Å². The van der Waals surface area contributed by atoms with E-state index >= 15 is 0 Å². The lowest BCUT2D eigenvalue weighted by atomic mass is 10.0. The molecule has 3 aromatic carbocycles. The molecular weight excluding hydrogens is 278 g/mol. The summed E-state index contributed by atoms with van der Waals surface area (Å²) in [4.78, 5) is 0. The van der Waals surface area contributed by atoms with Crippen molar-refractivity contribution in [1.82, 2.24) is 0 Å². The maximum Gasteiger partial charge on any atom is 0.137 e. The minimum atomic E-state index is 0.127. The maximum atomic E-state index is 9.38. The predicted molar refractivity (Wildman–Crippen MR) is 85.2 cm³/mol. The molecule has 4 rings (SSSR count). The van der Waals surface area contributed by atoms with Gasteiger partial charge in [-0.1, -0.05) is 42.5 Å². The number of fused-ring (bicyclic) bond motifs is 3. The number of furan rings is 1. The monoisotopic (exact) mass is 291 g/mol. The van der Waals surface area contributed by atoms with Gasteiger partial charge in [-0.2, -0.15) is 0 Å². The van der Waals surface area contributed by atoms with Crippen molar-refractivity contribution in [2.45, 2.75) is 0 Å². The highest BCUT2D eigenvalue weighted by molar-refractivity contribution is 6.11. The molecule has 0 saturated heterocycles. The van der Waals surface area contributed by atoms with Gasteiger partial charge in [0.15, 0.2) is 0 Å². The highest BCUT2D eigenvalue weighted by Gasteiger charge is 2.14. The first-order valence-electron chi connectivity index (χ1n) is 6.92.